The Morgan fingerprint density at radius 2 is 1.27 bits per heavy atom. The van der Waals surface area contributed by atoms with Gasteiger partial charge < -0.3 is 25.8 Å². The molecule has 0 unspecified atom stereocenters. The van der Waals surface area contributed by atoms with Gasteiger partial charge in [-0.2, -0.15) is 10.2 Å². The Morgan fingerprint density at radius 3 is 1.78 bits per heavy atom. The van der Waals surface area contributed by atoms with E-state index in [1.54, 1.807) is 35.3 Å². The number of nitrogens with two attached hydrogens (primary N) is 1. The lowest BCUT2D eigenvalue weighted by atomic mass is 10.1. The molecule has 2 saturated heterocycles. The van der Waals surface area contributed by atoms with Crippen LogP contribution in [0.1, 0.15) is 25.7 Å². The molecular formula is C39H45Br2F2N9O3. The Morgan fingerprint density at radius 1 is 0.745 bits per heavy atom. The number of nitrogens with zero attached hydrogens (tertiary/aromatic N) is 6. The van der Waals surface area contributed by atoms with E-state index in [9.17, 15) is 13.6 Å². The molecule has 2 aliphatic heterocycles. The van der Waals surface area contributed by atoms with Crippen LogP contribution in [0.5, 0.6) is 11.5 Å². The Balaban J connectivity index is 0.000000203. The van der Waals surface area contributed by atoms with E-state index < -0.39 is 17.7 Å². The monoisotopic (exact) mass is 883 g/mol. The van der Waals surface area contributed by atoms with Gasteiger partial charge in [-0.15, -0.1) is 0 Å². The maximum atomic E-state index is 13.9. The van der Waals surface area contributed by atoms with Crippen molar-refractivity contribution in [1.29, 1.82) is 0 Å². The first-order valence-corrected chi connectivity index (χ1v) is 19.8. The normalized spacial score (nSPS) is 14.4. The Hall–Kier alpha value is -4.51. The average Bonchev–Trinajstić information content (AvgIpc) is 3.98. The number of hydrogen-bond acceptors (Lipinski definition) is 8. The number of halogens is 4. The summed E-state index contributed by atoms with van der Waals surface area (Å²) in [4.78, 5) is 17.2. The summed E-state index contributed by atoms with van der Waals surface area (Å²) in [5.74, 6) is -0.0664. The van der Waals surface area contributed by atoms with Gasteiger partial charge in [0.15, 0.2) is 0 Å². The van der Waals surface area contributed by atoms with Gasteiger partial charge in [0.25, 0.3) is 0 Å². The van der Waals surface area contributed by atoms with Crippen LogP contribution in [-0.4, -0.2) is 87.9 Å². The van der Waals surface area contributed by atoms with Crippen molar-refractivity contribution in [1.82, 2.24) is 29.4 Å². The number of anilines is 3. The van der Waals surface area contributed by atoms with Crippen LogP contribution in [-0.2, 0) is 14.1 Å². The van der Waals surface area contributed by atoms with E-state index in [1.807, 2.05) is 37.0 Å². The number of amides is 2. The van der Waals surface area contributed by atoms with Gasteiger partial charge in [0.1, 0.15) is 36.3 Å². The zero-order valence-electron chi connectivity index (χ0n) is 30.8. The number of ether oxygens (including phenoxy) is 2. The number of urea groups is 1. The first-order valence-electron chi connectivity index (χ1n) is 18.2. The average molecular weight is 886 g/mol. The lowest BCUT2D eigenvalue weighted by molar-refractivity contribution is 0.238. The third-order valence-electron chi connectivity index (χ3n) is 9.45. The number of likely N-dealkylation sites (tertiary alicyclic amines) is 2. The maximum absolute atomic E-state index is 13.9. The Kier molecular flexibility index (Phi) is 13.8. The molecule has 2 aromatic heterocycles. The van der Waals surface area contributed by atoms with Gasteiger partial charge in [-0.3, -0.25) is 19.2 Å². The van der Waals surface area contributed by atoms with Gasteiger partial charge in [0, 0.05) is 55.8 Å². The molecule has 5 aromatic rings. The minimum atomic E-state index is -0.855. The molecule has 7 rings (SSSR count). The summed E-state index contributed by atoms with van der Waals surface area (Å²) in [5.41, 5.74) is 10.5. The molecule has 0 atom stereocenters. The SMILES string of the molecule is Cn1ncc(Br)c1-c1cc(N)ccc1OCCN1CCCC1.Cn1ncc(Br)c1-c1cc(NC(=O)Nc2ccc(F)cc2F)ccc1OCCN1CCCC1. The van der Waals surface area contributed by atoms with Crippen LogP contribution in [0, 0.1) is 11.6 Å². The van der Waals surface area contributed by atoms with E-state index in [4.69, 9.17) is 15.2 Å². The van der Waals surface area contributed by atoms with Crippen LogP contribution < -0.4 is 25.8 Å². The van der Waals surface area contributed by atoms with Crippen molar-refractivity contribution in [3.8, 4) is 34.0 Å². The van der Waals surface area contributed by atoms with Crippen molar-refractivity contribution in [2.75, 3.05) is 68.8 Å². The van der Waals surface area contributed by atoms with E-state index in [1.165, 1.54) is 44.8 Å². The van der Waals surface area contributed by atoms with Gasteiger partial charge in [-0.25, -0.2) is 13.6 Å². The smallest absolute Gasteiger partial charge is 0.323 e. The number of nitrogens with one attached hydrogen (secondary N) is 2. The molecule has 292 valence electrons. The first-order chi connectivity index (χ1) is 26.5. The molecule has 4 N–H and O–H groups in total. The van der Waals surface area contributed by atoms with Crippen LogP contribution in [0.4, 0.5) is 30.6 Å². The third-order valence-corrected chi connectivity index (χ3v) is 10.6. The van der Waals surface area contributed by atoms with Crippen molar-refractivity contribution in [3.05, 3.63) is 87.6 Å². The summed E-state index contributed by atoms with van der Waals surface area (Å²) in [6.45, 7) is 7.60. The number of nitrogen functional groups attached to an aromatic ring is 1. The number of aromatic nitrogens is 4. The molecule has 55 heavy (non-hydrogen) atoms. The summed E-state index contributed by atoms with van der Waals surface area (Å²) in [7, 11) is 3.73. The molecule has 0 aliphatic carbocycles. The van der Waals surface area contributed by atoms with Crippen molar-refractivity contribution in [2.45, 2.75) is 25.7 Å². The van der Waals surface area contributed by atoms with Gasteiger partial charge >= 0.3 is 6.03 Å². The summed E-state index contributed by atoms with van der Waals surface area (Å²) in [6.07, 6.45) is 8.51. The number of carbonyl (C=O) groups excluding carboxylic acids is 1. The van der Waals surface area contributed by atoms with Crippen molar-refractivity contribution < 1.29 is 23.0 Å². The van der Waals surface area contributed by atoms with Crippen LogP contribution in [0.3, 0.4) is 0 Å². The molecule has 2 amide bonds. The molecule has 0 saturated carbocycles. The molecule has 4 heterocycles. The first kappa shape index (κ1) is 40.2. The molecule has 2 aliphatic rings. The molecule has 0 spiro atoms. The molecule has 3 aromatic carbocycles. The molecule has 0 bridgehead atoms. The lowest BCUT2D eigenvalue weighted by Crippen LogP contribution is -2.25. The predicted molar refractivity (Wildman–Crippen MR) is 218 cm³/mol. The highest BCUT2D eigenvalue weighted by atomic mass is 79.9. The summed E-state index contributed by atoms with van der Waals surface area (Å²) in [6, 6.07) is 13.3. The fourth-order valence-corrected chi connectivity index (χ4v) is 7.79. The number of benzene rings is 3. The number of aryl methyl sites for hydroxylation is 2. The molecule has 2 fully saturated rings. The van der Waals surface area contributed by atoms with E-state index in [0.29, 0.717) is 30.7 Å². The Bertz CT molecular complexity index is 2040. The summed E-state index contributed by atoms with van der Waals surface area (Å²) < 4.78 is 44.3. The van der Waals surface area contributed by atoms with Gasteiger partial charge in [-0.1, -0.05) is 0 Å². The van der Waals surface area contributed by atoms with E-state index in [-0.39, 0.29) is 5.69 Å². The van der Waals surface area contributed by atoms with E-state index in [2.05, 4.69) is 62.5 Å². The lowest BCUT2D eigenvalue weighted by Gasteiger charge is -2.18. The fraction of sp³-hybridized carbons (Fsp3) is 0.359. The Labute approximate surface area is 336 Å². The second-order valence-electron chi connectivity index (χ2n) is 13.4. The minimum Gasteiger partial charge on any atom is -0.492 e. The second kappa shape index (κ2) is 18.9. The minimum absolute atomic E-state index is 0.120. The molecular weight excluding hydrogens is 840 g/mol. The van der Waals surface area contributed by atoms with Gasteiger partial charge in [0.2, 0.25) is 0 Å². The molecule has 16 heteroatoms. The van der Waals surface area contributed by atoms with Crippen LogP contribution in [0.2, 0.25) is 0 Å². The predicted octanol–water partition coefficient (Wildman–Crippen LogP) is 8.15. The van der Waals surface area contributed by atoms with Crippen molar-refractivity contribution >= 4 is 55.0 Å². The molecule has 0 radical (unpaired) electrons. The topological polar surface area (TPSA) is 128 Å². The number of carbonyl (C=O) groups is 1. The van der Waals surface area contributed by atoms with E-state index in [0.717, 1.165) is 75.1 Å². The third kappa shape index (κ3) is 10.6. The fourth-order valence-electron chi connectivity index (χ4n) is 6.66. The number of rotatable bonds is 12. The van der Waals surface area contributed by atoms with Gasteiger partial charge in [-0.05, 0) is 132 Å². The van der Waals surface area contributed by atoms with E-state index >= 15 is 0 Å². The maximum Gasteiger partial charge on any atom is 0.323 e. The van der Waals surface area contributed by atoms with Crippen molar-refractivity contribution in [3.63, 3.8) is 0 Å². The van der Waals surface area contributed by atoms with Crippen LogP contribution in [0.15, 0.2) is 75.9 Å². The summed E-state index contributed by atoms with van der Waals surface area (Å²) >= 11 is 7.07. The van der Waals surface area contributed by atoms with Crippen LogP contribution >= 0.6 is 31.9 Å². The summed E-state index contributed by atoms with van der Waals surface area (Å²) in [5, 5.41) is 13.6. The standard InChI is InChI=1S/C23H24BrF2N5O2.C16H21BrN4O/c1-30-22(18(24)14-27-30)17-13-16(5-7-21(17)33-11-10-31-8-2-3-9-31)28-23(32)29-20-6-4-15(25)12-19(20)26;1-20-16(14(17)11-19-20)13-10-12(18)4-5-15(13)22-9-8-21-6-2-3-7-21/h4-7,12-14H,2-3,8-11H2,1H3,(H2,28,29,32);4-5,10-11H,2-3,6-9,18H2,1H3. The zero-order valence-corrected chi connectivity index (χ0v) is 34.0. The highest BCUT2D eigenvalue weighted by molar-refractivity contribution is 9.11. The van der Waals surface area contributed by atoms with Gasteiger partial charge in [0.05, 0.1) is 38.4 Å². The van der Waals surface area contributed by atoms with Crippen LogP contribution in [0.25, 0.3) is 22.5 Å². The molecule has 12 nitrogen and oxygen atoms in total. The highest BCUT2D eigenvalue weighted by Crippen LogP contribution is 2.38. The quantitative estimate of drug-likeness (QED) is 0.107. The number of hydrogen-bond donors (Lipinski definition) is 3. The zero-order chi connectivity index (χ0) is 38.9. The van der Waals surface area contributed by atoms with Crippen molar-refractivity contribution in [2.24, 2.45) is 14.1 Å². The highest BCUT2D eigenvalue weighted by Gasteiger charge is 2.19. The largest absolute Gasteiger partial charge is 0.492 e. The second-order valence-corrected chi connectivity index (χ2v) is 15.1.